The van der Waals surface area contributed by atoms with Gasteiger partial charge in [0.1, 0.15) is 5.75 Å². The van der Waals surface area contributed by atoms with Crippen LogP contribution in [0.5, 0.6) is 5.75 Å². The summed E-state index contributed by atoms with van der Waals surface area (Å²) < 4.78 is 41.0. The van der Waals surface area contributed by atoms with E-state index < -0.39 is 6.36 Å². The number of ether oxygens (including phenoxy) is 1. The minimum atomic E-state index is -4.66. The highest BCUT2D eigenvalue weighted by Gasteiger charge is 2.30. The second-order valence-electron chi connectivity index (χ2n) is 3.29. The summed E-state index contributed by atoms with van der Waals surface area (Å²) in [5.41, 5.74) is 0.810. The van der Waals surface area contributed by atoms with Crippen molar-refractivity contribution in [3.05, 3.63) is 42.2 Å². The molecule has 0 atom stereocenters. The molecule has 17 heavy (non-hydrogen) atoms. The molecule has 2 aromatic rings. The molecule has 0 bridgehead atoms. The van der Waals surface area contributed by atoms with Crippen LogP contribution in [0.25, 0.3) is 0 Å². The normalized spacial score (nSPS) is 11.5. The zero-order valence-electron chi connectivity index (χ0n) is 8.55. The van der Waals surface area contributed by atoms with E-state index in [0.29, 0.717) is 6.54 Å². The number of hydrogen-bond donors (Lipinski definition) is 0. The third-order valence-electron chi connectivity index (χ3n) is 1.97. The van der Waals surface area contributed by atoms with Crippen LogP contribution < -0.4 is 4.74 Å². The van der Waals surface area contributed by atoms with Crippen LogP contribution in [-0.2, 0) is 6.54 Å². The van der Waals surface area contributed by atoms with Crippen LogP contribution in [0.4, 0.5) is 13.2 Å². The van der Waals surface area contributed by atoms with Crippen molar-refractivity contribution in [2.75, 3.05) is 0 Å². The molecule has 0 radical (unpaired) electrons. The maximum absolute atomic E-state index is 11.9. The van der Waals surface area contributed by atoms with Gasteiger partial charge in [-0.3, -0.25) is 0 Å². The summed E-state index contributed by atoms with van der Waals surface area (Å²) in [6.07, 6.45) is -1.46. The highest BCUT2D eigenvalue weighted by Crippen LogP contribution is 2.22. The SMILES string of the molecule is FC(F)(F)Oc1ccc(Cn2ccnn2)cc1. The Hall–Kier alpha value is -2.05. The number of alkyl halides is 3. The average molecular weight is 243 g/mol. The summed E-state index contributed by atoms with van der Waals surface area (Å²) in [5.74, 6) is -0.236. The molecule has 0 aliphatic carbocycles. The Morgan fingerprint density at radius 3 is 2.41 bits per heavy atom. The Bertz CT molecular complexity index is 465. The molecular weight excluding hydrogens is 235 g/mol. The van der Waals surface area contributed by atoms with Crippen LogP contribution in [0, 0.1) is 0 Å². The summed E-state index contributed by atoms with van der Waals surface area (Å²) >= 11 is 0. The van der Waals surface area contributed by atoms with Crippen LogP contribution >= 0.6 is 0 Å². The molecule has 0 aliphatic rings. The van der Waals surface area contributed by atoms with E-state index in [1.54, 1.807) is 23.0 Å². The predicted molar refractivity (Wildman–Crippen MR) is 52.2 cm³/mol. The average Bonchev–Trinajstić information content (AvgIpc) is 2.71. The van der Waals surface area contributed by atoms with Crippen LogP contribution in [0.15, 0.2) is 36.7 Å². The van der Waals surface area contributed by atoms with Crippen molar-refractivity contribution in [2.24, 2.45) is 0 Å². The van der Waals surface area contributed by atoms with Crippen molar-refractivity contribution in [3.63, 3.8) is 0 Å². The Kier molecular flexibility index (Phi) is 2.99. The first-order chi connectivity index (χ1) is 8.03. The summed E-state index contributed by atoms with van der Waals surface area (Å²) in [4.78, 5) is 0. The molecule has 0 N–H and O–H groups in total. The van der Waals surface area contributed by atoms with Gasteiger partial charge in [0, 0.05) is 6.20 Å². The molecule has 0 fully saturated rings. The fourth-order valence-electron chi connectivity index (χ4n) is 1.30. The Labute approximate surface area is 94.6 Å². The van der Waals surface area contributed by atoms with Crippen molar-refractivity contribution in [3.8, 4) is 5.75 Å². The van der Waals surface area contributed by atoms with Gasteiger partial charge in [0.2, 0.25) is 0 Å². The third kappa shape index (κ3) is 3.47. The molecule has 0 spiro atoms. The minimum Gasteiger partial charge on any atom is -0.406 e. The number of benzene rings is 1. The molecule has 1 heterocycles. The quantitative estimate of drug-likeness (QED) is 0.829. The lowest BCUT2D eigenvalue weighted by molar-refractivity contribution is -0.274. The van der Waals surface area contributed by atoms with Crippen LogP contribution in [-0.4, -0.2) is 21.4 Å². The molecule has 7 heteroatoms. The minimum absolute atomic E-state index is 0.236. The van der Waals surface area contributed by atoms with E-state index in [0.717, 1.165) is 5.56 Å². The zero-order chi connectivity index (χ0) is 12.3. The second kappa shape index (κ2) is 4.44. The van der Waals surface area contributed by atoms with Gasteiger partial charge in [-0.15, -0.1) is 18.3 Å². The maximum atomic E-state index is 11.9. The summed E-state index contributed by atoms with van der Waals surface area (Å²) in [5, 5.41) is 7.37. The fourth-order valence-corrected chi connectivity index (χ4v) is 1.30. The first-order valence-corrected chi connectivity index (χ1v) is 4.72. The molecule has 0 amide bonds. The van der Waals surface area contributed by atoms with Crippen molar-refractivity contribution in [1.29, 1.82) is 0 Å². The van der Waals surface area contributed by atoms with E-state index in [4.69, 9.17) is 0 Å². The maximum Gasteiger partial charge on any atom is 0.573 e. The lowest BCUT2D eigenvalue weighted by atomic mass is 10.2. The van der Waals surface area contributed by atoms with Gasteiger partial charge >= 0.3 is 6.36 Å². The number of nitrogens with zero attached hydrogens (tertiary/aromatic N) is 3. The first kappa shape index (κ1) is 11.4. The van der Waals surface area contributed by atoms with Gasteiger partial charge in [0.25, 0.3) is 0 Å². The molecule has 90 valence electrons. The number of halogens is 3. The van der Waals surface area contributed by atoms with E-state index >= 15 is 0 Å². The van der Waals surface area contributed by atoms with E-state index in [-0.39, 0.29) is 5.75 Å². The monoisotopic (exact) mass is 243 g/mol. The van der Waals surface area contributed by atoms with E-state index in [9.17, 15) is 13.2 Å². The molecule has 0 saturated heterocycles. The van der Waals surface area contributed by atoms with E-state index in [2.05, 4.69) is 15.0 Å². The van der Waals surface area contributed by atoms with Crippen molar-refractivity contribution >= 4 is 0 Å². The topological polar surface area (TPSA) is 39.9 Å². The fraction of sp³-hybridized carbons (Fsp3) is 0.200. The summed E-state index contributed by atoms with van der Waals surface area (Å²) in [6.45, 7) is 0.451. The second-order valence-corrected chi connectivity index (χ2v) is 3.29. The van der Waals surface area contributed by atoms with Gasteiger partial charge in [-0.1, -0.05) is 17.3 Å². The third-order valence-corrected chi connectivity index (χ3v) is 1.97. The molecule has 1 aromatic heterocycles. The number of hydrogen-bond acceptors (Lipinski definition) is 3. The van der Waals surface area contributed by atoms with Crippen molar-refractivity contribution < 1.29 is 17.9 Å². The van der Waals surface area contributed by atoms with Gasteiger partial charge in [-0.25, -0.2) is 4.68 Å². The van der Waals surface area contributed by atoms with Crippen LogP contribution in [0.3, 0.4) is 0 Å². The van der Waals surface area contributed by atoms with Gasteiger partial charge in [-0.05, 0) is 17.7 Å². The van der Waals surface area contributed by atoms with Crippen molar-refractivity contribution in [2.45, 2.75) is 12.9 Å². The molecule has 0 saturated carbocycles. The Morgan fingerprint density at radius 1 is 1.18 bits per heavy atom. The lowest BCUT2D eigenvalue weighted by Crippen LogP contribution is -2.17. The molecule has 4 nitrogen and oxygen atoms in total. The van der Waals surface area contributed by atoms with Gasteiger partial charge in [-0.2, -0.15) is 0 Å². The van der Waals surface area contributed by atoms with Gasteiger partial charge in [0.15, 0.2) is 0 Å². The van der Waals surface area contributed by atoms with Crippen LogP contribution in [0.1, 0.15) is 5.56 Å². The molecular formula is C10H8F3N3O. The molecule has 1 aromatic carbocycles. The smallest absolute Gasteiger partial charge is 0.406 e. The Morgan fingerprint density at radius 2 is 1.88 bits per heavy atom. The highest BCUT2D eigenvalue weighted by molar-refractivity contribution is 5.27. The van der Waals surface area contributed by atoms with E-state index in [1.807, 2.05) is 0 Å². The zero-order valence-corrected chi connectivity index (χ0v) is 8.55. The Balaban J connectivity index is 2.03. The van der Waals surface area contributed by atoms with Gasteiger partial charge < -0.3 is 4.74 Å². The first-order valence-electron chi connectivity index (χ1n) is 4.72. The summed E-state index contributed by atoms with van der Waals surface area (Å²) in [7, 11) is 0. The number of rotatable bonds is 3. The predicted octanol–water partition coefficient (Wildman–Crippen LogP) is 2.22. The van der Waals surface area contributed by atoms with Crippen molar-refractivity contribution in [1.82, 2.24) is 15.0 Å². The molecule has 2 rings (SSSR count). The number of aromatic nitrogens is 3. The standard InChI is InChI=1S/C10H8F3N3O/c11-10(12,13)17-9-3-1-8(2-4-9)7-16-6-5-14-15-16/h1-6H,7H2. The van der Waals surface area contributed by atoms with Crippen LogP contribution in [0.2, 0.25) is 0 Å². The van der Waals surface area contributed by atoms with Gasteiger partial charge in [0.05, 0.1) is 12.7 Å². The van der Waals surface area contributed by atoms with E-state index in [1.165, 1.54) is 18.3 Å². The molecule has 0 aliphatic heterocycles. The lowest BCUT2D eigenvalue weighted by Gasteiger charge is -2.09. The highest BCUT2D eigenvalue weighted by atomic mass is 19.4. The summed E-state index contributed by atoms with van der Waals surface area (Å²) in [6, 6.07) is 5.62. The largest absolute Gasteiger partial charge is 0.573 e. The molecule has 0 unspecified atom stereocenters.